The van der Waals surface area contributed by atoms with E-state index in [1.165, 1.54) is 12.4 Å². The molecule has 2 aliphatic heterocycles. The van der Waals surface area contributed by atoms with Crippen LogP contribution in [0.4, 0.5) is 0 Å². The maximum atomic E-state index is 11.9. The maximum Gasteiger partial charge on any atom is 0.302 e. The van der Waals surface area contributed by atoms with Crippen molar-refractivity contribution in [3.63, 3.8) is 0 Å². The first kappa shape index (κ1) is 25.2. The van der Waals surface area contributed by atoms with E-state index in [0.29, 0.717) is 0 Å². The molecule has 0 spiro atoms. The lowest BCUT2D eigenvalue weighted by Gasteiger charge is -2.37. The zero-order valence-corrected chi connectivity index (χ0v) is 22.2. The fourth-order valence-electron chi connectivity index (χ4n) is 5.83. The molecule has 5 aromatic rings. The molecule has 10 heteroatoms. The third-order valence-corrected chi connectivity index (χ3v) is 7.70. The second kappa shape index (κ2) is 10.3. The fraction of sp³-hybridized carbons (Fsp3) is 0.226. The Labute approximate surface area is 235 Å². The summed E-state index contributed by atoms with van der Waals surface area (Å²) in [6, 6.07) is 29.4. The topological polar surface area (TPSA) is 103 Å². The number of ether oxygens (including phenoxy) is 4. The van der Waals surface area contributed by atoms with Gasteiger partial charge in [-0.3, -0.25) is 9.36 Å². The van der Waals surface area contributed by atoms with Crippen molar-refractivity contribution in [3.8, 4) is 11.8 Å². The summed E-state index contributed by atoms with van der Waals surface area (Å²) in [5.41, 5.74) is 1.54. The number of nitrogens with zero attached hydrogens (tertiary/aromatic N) is 5. The molecule has 41 heavy (non-hydrogen) atoms. The van der Waals surface area contributed by atoms with Gasteiger partial charge in [0.15, 0.2) is 12.3 Å². The van der Waals surface area contributed by atoms with Gasteiger partial charge < -0.3 is 18.9 Å². The van der Waals surface area contributed by atoms with E-state index < -0.39 is 24.0 Å². The first-order valence-electron chi connectivity index (χ1n) is 13.3. The summed E-state index contributed by atoms with van der Waals surface area (Å²) < 4.78 is 28.8. The highest BCUT2D eigenvalue weighted by atomic mass is 16.6. The summed E-state index contributed by atoms with van der Waals surface area (Å²) in [5.74, 6) is 0.754. The maximum absolute atomic E-state index is 11.9. The van der Waals surface area contributed by atoms with E-state index in [0.717, 1.165) is 22.4 Å². The molecule has 0 unspecified atom stereocenters. The van der Waals surface area contributed by atoms with Crippen molar-refractivity contribution in [2.45, 2.75) is 30.1 Å². The molecule has 0 aliphatic carbocycles. The molecule has 4 heterocycles. The van der Waals surface area contributed by atoms with Gasteiger partial charge in [-0.1, -0.05) is 72.8 Å². The van der Waals surface area contributed by atoms with Crippen molar-refractivity contribution >= 4 is 0 Å². The molecular weight excluding hydrogens is 522 g/mol. The Hall–Kier alpha value is -4.80. The van der Waals surface area contributed by atoms with Crippen LogP contribution in [-0.4, -0.2) is 50.2 Å². The van der Waals surface area contributed by atoms with Crippen LogP contribution in [0.25, 0.3) is 0 Å². The number of rotatable bonds is 8. The van der Waals surface area contributed by atoms with Crippen molar-refractivity contribution in [3.05, 3.63) is 137 Å². The molecule has 0 amide bonds. The van der Waals surface area contributed by atoms with E-state index >= 15 is 0 Å². The smallest absolute Gasteiger partial charge is 0.302 e. The molecular formula is C31H27N5O5. The van der Waals surface area contributed by atoms with Crippen LogP contribution in [0.1, 0.15) is 29.0 Å². The monoisotopic (exact) mass is 549 g/mol. The van der Waals surface area contributed by atoms with Crippen LogP contribution in [-0.2, 0) is 15.1 Å². The van der Waals surface area contributed by atoms with Crippen LogP contribution >= 0.6 is 0 Å². The molecule has 7 rings (SSSR count). The first-order valence-corrected chi connectivity index (χ1v) is 13.3. The minimum Gasteiger partial charge on any atom is -0.497 e. The van der Waals surface area contributed by atoms with Crippen molar-refractivity contribution in [1.29, 1.82) is 0 Å². The quantitative estimate of drug-likeness (QED) is 0.270. The average Bonchev–Trinajstić information content (AvgIpc) is 3.75. The summed E-state index contributed by atoms with van der Waals surface area (Å²) in [5, 5.41) is 4.41. The molecule has 1 saturated heterocycles. The first-order chi connectivity index (χ1) is 20.2. The summed E-state index contributed by atoms with van der Waals surface area (Å²) in [4.78, 5) is 20.1. The van der Waals surface area contributed by atoms with Crippen LogP contribution in [0, 0.1) is 0 Å². The van der Waals surface area contributed by atoms with Crippen LogP contribution < -0.4 is 15.0 Å². The van der Waals surface area contributed by atoms with Crippen molar-refractivity contribution in [1.82, 2.24) is 24.3 Å². The fourth-order valence-corrected chi connectivity index (χ4v) is 5.83. The van der Waals surface area contributed by atoms with Gasteiger partial charge in [-0.2, -0.15) is 10.1 Å². The largest absolute Gasteiger partial charge is 0.497 e. The molecule has 10 nitrogen and oxygen atoms in total. The molecule has 0 N–H and O–H groups in total. The Morgan fingerprint density at radius 3 is 2.22 bits per heavy atom. The summed E-state index contributed by atoms with van der Waals surface area (Å²) in [6.07, 6.45) is 3.30. The second-order valence-corrected chi connectivity index (χ2v) is 9.92. The molecule has 206 valence electrons. The van der Waals surface area contributed by atoms with Gasteiger partial charge in [0.05, 0.1) is 13.7 Å². The Kier molecular flexibility index (Phi) is 6.33. The number of aromatic nitrogens is 5. The summed E-state index contributed by atoms with van der Waals surface area (Å²) in [7, 11) is 1.65. The molecule has 0 radical (unpaired) electrons. The van der Waals surface area contributed by atoms with Gasteiger partial charge in [-0.05, 0) is 28.8 Å². The molecule has 2 aromatic heterocycles. The van der Waals surface area contributed by atoms with Crippen LogP contribution in [0.2, 0.25) is 0 Å². The van der Waals surface area contributed by atoms with Crippen molar-refractivity contribution in [2.24, 2.45) is 0 Å². The van der Waals surface area contributed by atoms with E-state index in [2.05, 4.69) is 39.3 Å². The highest BCUT2D eigenvalue weighted by Crippen LogP contribution is 2.46. The number of fused-ring (bicyclic) bond motifs is 3. The van der Waals surface area contributed by atoms with Gasteiger partial charge >= 0.3 is 6.01 Å². The average molecular weight is 550 g/mol. The minimum absolute atomic E-state index is 0.194. The highest BCUT2D eigenvalue weighted by molar-refractivity contribution is 5.48. The number of methoxy groups -OCH3 is 1. The summed E-state index contributed by atoms with van der Waals surface area (Å²) in [6.45, 7) is 0.194. The van der Waals surface area contributed by atoms with Crippen molar-refractivity contribution in [2.75, 3.05) is 13.7 Å². The number of hydrogen-bond donors (Lipinski definition) is 0. The Balaban J connectivity index is 1.31. The number of benzene rings is 3. The standard InChI is InChI=1S/C31H27N5O5/c1-38-24-14-12-23(13-15-24)31(21-8-4-2-5-9-21,22-10-6-3-7-11-22)39-18-25-27(36-20-32-19-33-36)28-29(40-25)35-17-16-26(37)34-30(35)41-28/h2-17,19-20,25,27-29H,18H2,1H3/t25-,27+,28+,29-/m1/s1. The van der Waals surface area contributed by atoms with E-state index in [4.69, 9.17) is 18.9 Å². The summed E-state index contributed by atoms with van der Waals surface area (Å²) >= 11 is 0. The van der Waals surface area contributed by atoms with Crippen LogP contribution in [0.15, 0.2) is 115 Å². The Bertz CT molecular complexity index is 1640. The van der Waals surface area contributed by atoms with E-state index in [9.17, 15) is 4.79 Å². The predicted octanol–water partition coefficient (Wildman–Crippen LogP) is 3.75. The normalized spacial score (nSPS) is 21.2. The lowest BCUT2D eigenvalue weighted by atomic mass is 9.80. The zero-order valence-electron chi connectivity index (χ0n) is 22.2. The highest BCUT2D eigenvalue weighted by Gasteiger charge is 2.54. The molecule has 1 fully saturated rings. The molecule has 0 saturated carbocycles. The van der Waals surface area contributed by atoms with Gasteiger partial charge in [0.2, 0.25) is 0 Å². The van der Waals surface area contributed by atoms with Gasteiger partial charge in [-0.25, -0.2) is 9.67 Å². The Morgan fingerprint density at radius 1 is 0.902 bits per heavy atom. The minimum atomic E-state index is -0.965. The van der Waals surface area contributed by atoms with Gasteiger partial charge in [0.25, 0.3) is 5.56 Å². The van der Waals surface area contributed by atoms with Crippen LogP contribution in [0.5, 0.6) is 11.8 Å². The lowest BCUT2D eigenvalue weighted by molar-refractivity contribution is -0.0827. The van der Waals surface area contributed by atoms with E-state index in [1.54, 1.807) is 28.9 Å². The molecule has 3 aromatic carbocycles. The van der Waals surface area contributed by atoms with Gasteiger partial charge in [0.1, 0.15) is 36.2 Å². The molecule has 4 atom stereocenters. The SMILES string of the molecule is COc1ccc(C(OC[C@H]2O[C@@H]3[C@@H](Oc4nc(=O)ccn43)[C@H]2n2cncn2)(c2ccccc2)c2ccccc2)cc1. The van der Waals surface area contributed by atoms with Gasteiger partial charge in [-0.15, -0.1) is 0 Å². The van der Waals surface area contributed by atoms with Crippen LogP contribution in [0.3, 0.4) is 0 Å². The molecule has 2 aliphatic rings. The lowest BCUT2D eigenvalue weighted by Crippen LogP contribution is -2.39. The molecule has 0 bridgehead atoms. The van der Waals surface area contributed by atoms with E-state index in [-0.39, 0.29) is 24.2 Å². The van der Waals surface area contributed by atoms with Crippen molar-refractivity contribution < 1.29 is 18.9 Å². The van der Waals surface area contributed by atoms with Gasteiger partial charge in [0, 0.05) is 12.3 Å². The Morgan fingerprint density at radius 2 is 1.59 bits per heavy atom. The number of hydrogen-bond acceptors (Lipinski definition) is 8. The third kappa shape index (κ3) is 4.28. The predicted molar refractivity (Wildman–Crippen MR) is 148 cm³/mol. The zero-order chi connectivity index (χ0) is 27.8. The third-order valence-electron chi connectivity index (χ3n) is 7.70. The van der Waals surface area contributed by atoms with E-state index in [1.807, 2.05) is 60.7 Å². The second-order valence-electron chi connectivity index (χ2n) is 9.92.